The van der Waals surface area contributed by atoms with Crippen LogP contribution in [0, 0.1) is 6.92 Å². The highest BCUT2D eigenvalue weighted by molar-refractivity contribution is 8.00. The molecule has 0 spiro atoms. The number of thioether (sulfide) groups is 1. The second kappa shape index (κ2) is 13.1. The van der Waals surface area contributed by atoms with E-state index in [-0.39, 0.29) is 28.8 Å². The van der Waals surface area contributed by atoms with Gasteiger partial charge >= 0.3 is 12.1 Å². The van der Waals surface area contributed by atoms with Crippen LogP contribution in [0.15, 0.2) is 33.4 Å². The van der Waals surface area contributed by atoms with Crippen molar-refractivity contribution in [2.24, 2.45) is 5.16 Å². The molecule has 0 bridgehead atoms. The van der Waals surface area contributed by atoms with Crippen LogP contribution in [0.5, 0.6) is 0 Å². The van der Waals surface area contributed by atoms with Crippen LogP contribution in [0.1, 0.15) is 30.1 Å². The normalized spacial score (nSPS) is 19.4. The molecule has 3 atom stereocenters. The van der Waals surface area contributed by atoms with Crippen molar-refractivity contribution in [2.45, 2.75) is 38.5 Å². The van der Waals surface area contributed by atoms with E-state index in [1.54, 1.807) is 24.6 Å². The molecule has 1 fully saturated rings. The summed E-state index contributed by atoms with van der Waals surface area (Å²) < 4.78 is 15.0. The van der Waals surface area contributed by atoms with Gasteiger partial charge < -0.3 is 30.1 Å². The lowest BCUT2D eigenvalue weighted by molar-refractivity contribution is -0.168. The second-order valence-corrected chi connectivity index (χ2v) is 11.2. The number of nitrogens with zero attached hydrogens (tertiary/aromatic N) is 4. The zero-order chi connectivity index (χ0) is 29.7. The maximum atomic E-state index is 13.4. The van der Waals surface area contributed by atoms with E-state index in [4.69, 9.17) is 24.8 Å². The number of oxime groups is 1. The fourth-order valence-corrected chi connectivity index (χ4v) is 6.39. The predicted octanol–water partition coefficient (Wildman–Crippen LogP) is 2.27. The van der Waals surface area contributed by atoms with Gasteiger partial charge in [0.25, 0.3) is 11.8 Å². The lowest BCUT2D eigenvalue weighted by Gasteiger charge is -2.49. The van der Waals surface area contributed by atoms with Crippen molar-refractivity contribution in [3.05, 3.63) is 44.5 Å². The van der Waals surface area contributed by atoms with Gasteiger partial charge in [-0.05, 0) is 25.5 Å². The monoisotopic (exact) mass is 622 g/mol. The molecule has 0 aliphatic carbocycles. The van der Waals surface area contributed by atoms with Crippen molar-refractivity contribution in [1.29, 1.82) is 0 Å². The number of rotatable bonds is 10. The molecule has 0 aromatic carbocycles. The van der Waals surface area contributed by atoms with Gasteiger partial charge in [-0.2, -0.15) is 0 Å². The molecule has 2 aromatic heterocycles. The number of allylic oxidation sites excluding steroid dienone is 1. The third-order valence-corrected chi connectivity index (χ3v) is 8.53. The third-order valence-electron chi connectivity index (χ3n) is 5.66. The Hall–Kier alpha value is -3.96. The number of thiazole rings is 2. The van der Waals surface area contributed by atoms with Crippen LogP contribution in [-0.2, 0) is 33.4 Å². The fraction of sp³-hybridized carbons (Fsp3) is 0.375. The standard InChI is InChI=1S/C24H26N6O8S3/c1-5-36-24(34)38-12(3)37-22(33)18-13(6-7-15-11(2)26-10-41-15)8-39-21-17(20(32)30(18)21)28-19(31)16(29-35-4)14-9-40-23(25)27-14/h6-7,9-10,12,17,21H,5,8H2,1-4H3,(H2,25,27)(H,28,31)/t12?,17?,21-/m0/s1. The van der Waals surface area contributed by atoms with Crippen LogP contribution in [0.25, 0.3) is 6.08 Å². The number of carbonyl (C=O) groups excluding carboxylic acids is 4. The number of carbonyl (C=O) groups is 4. The van der Waals surface area contributed by atoms with Gasteiger partial charge in [0.2, 0.25) is 6.29 Å². The number of nitrogens with one attached hydrogen (secondary N) is 1. The first kappa shape index (κ1) is 30.0. The topological polar surface area (TPSA) is 185 Å². The first-order chi connectivity index (χ1) is 19.6. The Morgan fingerprint density at radius 3 is 2.71 bits per heavy atom. The Labute approximate surface area is 246 Å². The smallest absolute Gasteiger partial charge is 0.435 e. The van der Waals surface area contributed by atoms with Crippen LogP contribution in [-0.4, -0.2) is 81.7 Å². The molecular formula is C24H26N6O8S3. The first-order valence-electron chi connectivity index (χ1n) is 12.1. The number of nitrogen functional groups attached to an aromatic ring is 1. The Balaban J connectivity index is 1.57. The first-order valence-corrected chi connectivity index (χ1v) is 14.9. The molecule has 2 aliphatic rings. The molecule has 3 N–H and O–H groups in total. The van der Waals surface area contributed by atoms with E-state index in [9.17, 15) is 19.2 Å². The summed E-state index contributed by atoms with van der Waals surface area (Å²) in [7, 11) is 1.27. The molecule has 2 unspecified atom stereocenters. The molecule has 2 aliphatic heterocycles. The Morgan fingerprint density at radius 2 is 2.07 bits per heavy atom. The summed E-state index contributed by atoms with van der Waals surface area (Å²) >= 11 is 3.89. The predicted molar refractivity (Wildman–Crippen MR) is 152 cm³/mol. The summed E-state index contributed by atoms with van der Waals surface area (Å²) in [6.07, 6.45) is 1.22. The maximum Gasteiger partial charge on any atom is 0.511 e. The molecule has 0 saturated carbocycles. The van der Waals surface area contributed by atoms with Gasteiger partial charge in [-0.3, -0.25) is 14.5 Å². The zero-order valence-corrected chi connectivity index (χ0v) is 24.8. The molecular weight excluding hydrogens is 596 g/mol. The fourth-order valence-electron chi connectivity index (χ4n) is 3.83. The minimum atomic E-state index is -1.29. The molecule has 2 aromatic rings. The molecule has 41 heavy (non-hydrogen) atoms. The van der Waals surface area contributed by atoms with Crippen molar-refractivity contribution in [3.63, 3.8) is 0 Å². The quantitative estimate of drug-likeness (QED) is 0.130. The highest BCUT2D eigenvalue weighted by atomic mass is 32.2. The van der Waals surface area contributed by atoms with Crippen molar-refractivity contribution in [1.82, 2.24) is 20.2 Å². The van der Waals surface area contributed by atoms with E-state index in [1.165, 1.54) is 47.4 Å². The number of fused-ring (bicyclic) bond motifs is 1. The van der Waals surface area contributed by atoms with E-state index in [0.29, 0.717) is 11.3 Å². The van der Waals surface area contributed by atoms with E-state index in [0.717, 1.165) is 21.9 Å². The number of anilines is 1. The van der Waals surface area contributed by atoms with Gasteiger partial charge in [0.15, 0.2) is 10.8 Å². The molecule has 1 saturated heterocycles. The Bertz CT molecular complexity index is 1430. The average molecular weight is 623 g/mol. The number of aromatic nitrogens is 2. The van der Waals surface area contributed by atoms with Gasteiger partial charge in [-0.15, -0.1) is 34.4 Å². The van der Waals surface area contributed by atoms with Crippen molar-refractivity contribution >= 4 is 75.3 Å². The van der Waals surface area contributed by atoms with Gasteiger partial charge in [-0.25, -0.2) is 19.6 Å². The van der Waals surface area contributed by atoms with Gasteiger partial charge in [0.05, 0.1) is 17.8 Å². The van der Waals surface area contributed by atoms with Crippen LogP contribution in [0.4, 0.5) is 9.93 Å². The summed E-state index contributed by atoms with van der Waals surface area (Å²) in [5.74, 6) is -1.82. The maximum absolute atomic E-state index is 13.4. The van der Waals surface area contributed by atoms with Gasteiger partial charge in [0.1, 0.15) is 29.9 Å². The number of nitrogens with two attached hydrogens (primary N) is 1. The molecule has 0 radical (unpaired) electrons. The number of hydrogen-bond donors (Lipinski definition) is 2. The van der Waals surface area contributed by atoms with E-state index >= 15 is 0 Å². The summed E-state index contributed by atoms with van der Waals surface area (Å²) in [5, 5.41) is 7.54. The lowest BCUT2D eigenvalue weighted by atomic mass is 10.0. The zero-order valence-electron chi connectivity index (χ0n) is 22.3. The third kappa shape index (κ3) is 6.68. The summed E-state index contributed by atoms with van der Waals surface area (Å²) in [5.41, 5.74) is 8.71. The summed E-state index contributed by atoms with van der Waals surface area (Å²) in [6, 6.07) is -0.976. The van der Waals surface area contributed by atoms with Crippen molar-refractivity contribution in [3.8, 4) is 0 Å². The molecule has 2 amide bonds. The van der Waals surface area contributed by atoms with Crippen molar-refractivity contribution < 1.29 is 38.2 Å². The minimum Gasteiger partial charge on any atom is -0.435 e. The van der Waals surface area contributed by atoms with Gasteiger partial charge in [-0.1, -0.05) is 11.2 Å². The van der Waals surface area contributed by atoms with E-state index < -0.39 is 41.6 Å². The number of amides is 2. The SMILES string of the molecule is CCOC(=O)OC(C)OC(=O)C1=C(C=Cc2scnc2C)CS[C@H]2C(NC(=O)C(=NOC)c3csc(N)n3)C(=O)N12. The molecule has 4 heterocycles. The van der Waals surface area contributed by atoms with E-state index in [1.807, 2.05) is 6.92 Å². The highest BCUT2D eigenvalue weighted by Gasteiger charge is 2.54. The lowest BCUT2D eigenvalue weighted by Crippen LogP contribution is -2.71. The van der Waals surface area contributed by atoms with Gasteiger partial charge in [0, 0.05) is 22.9 Å². The molecule has 17 heteroatoms. The number of aryl methyl sites for hydroxylation is 1. The largest absolute Gasteiger partial charge is 0.511 e. The molecule has 218 valence electrons. The molecule has 14 nitrogen and oxygen atoms in total. The van der Waals surface area contributed by atoms with Crippen LogP contribution in [0.2, 0.25) is 0 Å². The van der Waals surface area contributed by atoms with Crippen molar-refractivity contribution in [2.75, 3.05) is 25.2 Å². The second-order valence-electron chi connectivity index (χ2n) is 8.34. The summed E-state index contributed by atoms with van der Waals surface area (Å²) in [4.78, 5) is 66.6. The Morgan fingerprint density at radius 1 is 1.29 bits per heavy atom. The number of esters is 1. The number of hydrogen-bond acceptors (Lipinski definition) is 15. The Kier molecular flexibility index (Phi) is 9.61. The van der Waals surface area contributed by atoms with Crippen LogP contribution >= 0.6 is 34.4 Å². The summed E-state index contributed by atoms with van der Waals surface area (Å²) in [6.45, 7) is 4.89. The van der Waals surface area contributed by atoms with E-state index in [2.05, 4.69) is 20.4 Å². The highest BCUT2D eigenvalue weighted by Crippen LogP contribution is 2.41. The number of ether oxygens (including phenoxy) is 3. The van der Waals surface area contributed by atoms with Crippen LogP contribution < -0.4 is 11.1 Å². The number of β-lactam (4-membered cyclic amide) rings is 1. The molecule has 4 rings (SSSR count). The average Bonchev–Trinajstić information content (AvgIpc) is 3.55. The van der Waals surface area contributed by atoms with Crippen LogP contribution in [0.3, 0.4) is 0 Å². The minimum absolute atomic E-state index is 0.0277.